The van der Waals surface area contributed by atoms with Gasteiger partial charge in [0.05, 0.1) is 6.10 Å². The van der Waals surface area contributed by atoms with Gasteiger partial charge in [-0.15, -0.1) is 0 Å². The first-order chi connectivity index (χ1) is 8.63. The summed E-state index contributed by atoms with van der Waals surface area (Å²) in [6.07, 6.45) is 6.16. The molecule has 1 N–H and O–H groups in total. The van der Waals surface area contributed by atoms with E-state index in [2.05, 4.69) is 32.0 Å². The normalized spacial score (nSPS) is 31.8. The van der Waals surface area contributed by atoms with E-state index in [0.29, 0.717) is 5.92 Å². The molecule has 1 nitrogen and oxygen atoms in total. The molecule has 98 valence electrons. The van der Waals surface area contributed by atoms with Gasteiger partial charge in [0.25, 0.3) is 0 Å². The summed E-state index contributed by atoms with van der Waals surface area (Å²) in [7, 11) is 0. The van der Waals surface area contributed by atoms with Gasteiger partial charge in [0.15, 0.2) is 0 Å². The zero-order valence-corrected chi connectivity index (χ0v) is 11.5. The SMILES string of the molecule is Cc1ccc(C)c(CC(O)C2CC3CCC2C3)c1. The summed E-state index contributed by atoms with van der Waals surface area (Å²) in [5.74, 6) is 2.31. The standard InChI is InChI=1S/C17H24O/c1-11-3-4-12(2)15(7-11)10-17(18)16-9-13-5-6-14(16)8-13/h3-4,7,13-14,16-18H,5-6,8-10H2,1-2H3. The lowest BCUT2D eigenvalue weighted by molar-refractivity contribution is 0.0749. The van der Waals surface area contributed by atoms with Crippen molar-refractivity contribution in [2.45, 2.75) is 52.1 Å². The molecule has 3 rings (SSSR count). The van der Waals surface area contributed by atoms with Gasteiger partial charge in [-0.25, -0.2) is 0 Å². The van der Waals surface area contributed by atoms with E-state index in [-0.39, 0.29) is 6.10 Å². The molecule has 1 heteroatoms. The van der Waals surface area contributed by atoms with Gasteiger partial charge in [-0.2, -0.15) is 0 Å². The van der Waals surface area contributed by atoms with Crippen molar-refractivity contribution in [3.63, 3.8) is 0 Å². The van der Waals surface area contributed by atoms with Gasteiger partial charge in [0.2, 0.25) is 0 Å². The zero-order chi connectivity index (χ0) is 12.7. The van der Waals surface area contributed by atoms with Crippen LogP contribution in [0.4, 0.5) is 0 Å². The Morgan fingerprint density at radius 3 is 2.72 bits per heavy atom. The van der Waals surface area contributed by atoms with E-state index < -0.39 is 0 Å². The molecule has 4 unspecified atom stereocenters. The van der Waals surface area contributed by atoms with E-state index in [0.717, 1.165) is 18.3 Å². The zero-order valence-electron chi connectivity index (χ0n) is 11.5. The lowest BCUT2D eigenvalue weighted by Crippen LogP contribution is -2.27. The van der Waals surface area contributed by atoms with Crippen LogP contribution in [0.15, 0.2) is 18.2 Å². The van der Waals surface area contributed by atoms with Crippen LogP contribution in [0.1, 0.15) is 42.4 Å². The lowest BCUT2D eigenvalue weighted by atomic mass is 9.82. The topological polar surface area (TPSA) is 20.2 Å². The number of hydrogen-bond donors (Lipinski definition) is 1. The predicted octanol–water partition coefficient (Wildman–Crippen LogP) is 3.64. The summed E-state index contributed by atoms with van der Waals surface area (Å²) in [4.78, 5) is 0. The minimum atomic E-state index is -0.124. The molecule has 0 amide bonds. The number of fused-ring (bicyclic) bond motifs is 2. The molecule has 2 saturated carbocycles. The third-order valence-corrected chi connectivity index (χ3v) is 5.22. The highest BCUT2D eigenvalue weighted by atomic mass is 16.3. The Labute approximate surface area is 110 Å². The van der Waals surface area contributed by atoms with Crippen LogP contribution in [0.2, 0.25) is 0 Å². The molecule has 0 heterocycles. The Morgan fingerprint density at radius 2 is 2.06 bits per heavy atom. The molecule has 2 fully saturated rings. The Hall–Kier alpha value is -0.820. The quantitative estimate of drug-likeness (QED) is 0.860. The Morgan fingerprint density at radius 1 is 1.22 bits per heavy atom. The average Bonchev–Trinajstić information content (AvgIpc) is 2.96. The fourth-order valence-electron chi connectivity index (χ4n) is 4.16. The van der Waals surface area contributed by atoms with E-state index in [1.807, 2.05) is 0 Å². The van der Waals surface area contributed by atoms with Gasteiger partial charge in [0.1, 0.15) is 0 Å². The molecule has 0 radical (unpaired) electrons. The van der Waals surface area contributed by atoms with Crippen molar-refractivity contribution in [2.24, 2.45) is 17.8 Å². The molecule has 2 bridgehead atoms. The number of aryl methyl sites for hydroxylation is 2. The van der Waals surface area contributed by atoms with Gasteiger partial charge in [-0.3, -0.25) is 0 Å². The summed E-state index contributed by atoms with van der Waals surface area (Å²) in [5, 5.41) is 10.5. The third-order valence-electron chi connectivity index (χ3n) is 5.22. The largest absolute Gasteiger partial charge is 0.392 e. The highest BCUT2D eigenvalue weighted by Crippen LogP contribution is 2.49. The number of benzene rings is 1. The van der Waals surface area contributed by atoms with E-state index in [4.69, 9.17) is 0 Å². The molecule has 0 saturated heterocycles. The summed E-state index contributed by atoms with van der Waals surface area (Å²) < 4.78 is 0. The minimum absolute atomic E-state index is 0.124. The van der Waals surface area contributed by atoms with Gasteiger partial charge in [0, 0.05) is 0 Å². The van der Waals surface area contributed by atoms with Crippen LogP contribution in [0.25, 0.3) is 0 Å². The summed E-state index contributed by atoms with van der Waals surface area (Å²) >= 11 is 0. The van der Waals surface area contributed by atoms with E-state index in [9.17, 15) is 5.11 Å². The molecule has 0 aliphatic heterocycles. The second-order valence-corrected chi connectivity index (χ2v) is 6.54. The number of aliphatic hydroxyl groups excluding tert-OH is 1. The summed E-state index contributed by atoms with van der Waals surface area (Å²) in [6.45, 7) is 4.29. The molecule has 0 spiro atoms. The van der Waals surface area contributed by atoms with Crippen LogP contribution >= 0.6 is 0 Å². The maximum absolute atomic E-state index is 10.5. The molecule has 2 aliphatic carbocycles. The number of aliphatic hydroxyl groups is 1. The Balaban J connectivity index is 1.70. The highest BCUT2D eigenvalue weighted by Gasteiger charge is 2.42. The molecule has 0 aromatic heterocycles. The van der Waals surface area contributed by atoms with Gasteiger partial charge >= 0.3 is 0 Å². The smallest absolute Gasteiger partial charge is 0.0611 e. The van der Waals surface area contributed by atoms with Crippen LogP contribution in [0, 0.1) is 31.6 Å². The van der Waals surface area contributed by atoms with Crippen LogP contribution in [-0.2, 0) is 6.42 Å². The van der Waals surface area contributed by atoms with Crippen LogP contribution in [0.3, 0.4) is 0 Å². The minimum Gasteiger partial charge on any atom is -0.392 e. The Kier molecular flexibility index (Phi) is 3.19. The third kappa shape index (κ3) is 2.21. The van der Waals surface area contributed by atoms with E-state index in [1.165, 1.54) is 42.4 Å². The van der Waals surface area contributed by atoms with Gasteiger partial charge in [-0.05, 0) is 68.4 Å². The van der Waals surface area contributed by atoms with Crippen molar-refractivity contribution < 1.29 is 5.11 Å². The maximum atomic E-state index is 10.5. The van der Waals surface area contributed by atoms with Crippen LogP contribution < -0.4 is 0 Å². The molecular weight excluding hydrogens is 220 g/mol. The van der Waals surface area contributed by atoms with Crippen molar-refractivity contribution in [3.05, 3.63) is 34.9 Å². The van der Waals surface area contributed by atoms with Crippen LogP contribution in [0.5, 0.6) is 0 Å². The van der Waals surface area contributed by atoms with Gasteiger partial charge < -0.3 is 5.11 Å². The van der Waals surface area contributed by atoms with Crippen molar-refractivity contribution in [1.82, 2.24) is 0 Å². The Bertz CT molecular complexity index is 437. The maximum Gasteiger partial charge on any atom is 0.0611 e. The second-order valence-electron chi connectivity index (χ2n) is 6.54. The number of hydrogen-bond acceptors (Lipinski definition) is 1. The van der Waals surface area contributed by atoms with Crippen molar-refractivity contribution >= 4 is 0 Å². The molecule has 18 heavy (non-hydrogen) atoms. The fraction of sp³-hybridized carbons (Fsp3) is 0.647. The molecular formula is C17H24O. The van der Waals surface area contributed by atoms with Crippen LogP contribution in [-0.4, -0.2) is 11.2 Å². The molecule has 2 aliphatic rings. The molecule has 1 aromatic carbocycles. The highest BCUT2D eigenvalue weighted by molar-refractivity contribution is 5.31. The first kappa shape index (κ1) is 12.2. The fourth-order valence-corrected chi connectivity index (χ4v) is 4.16. The lowest BCUT2D eigenvalue weighted by Gasteiger charge is -2.27. The number of rotatable bonds is 3. The van der Waals surface area contributed by atoms with E-state index in [1.54, 1.807) is 0 Å². The average molecular weight is 244 g/mol. The van der Waals surface area contributed by atoms with Crippen molar-refractivity contribution in [1.29, 1.82) is 0 Å². The second kappa shape index (κ2) is 4.70. The summed E-state index contributed by atoms with van der Waals surface area (Å²) in [6, 6.07) is 6.58. The molecule has 1 aromatic rings. The first-order valence-corrected chi connectivity index (χ1v) is 7.37. The predicted molar refractivity (Wildman–Crippen MR) is 74.6 cm³/mol. The summed E-state index contributed by atoms with van der Waals surface area (Å²) in [5.41, 5.74) is 3.96. The van der Waals surface area contributed by atoms with Crippen molar-refractivity contribution in [2.75, 3.05) is 0 Å². The van der Waals surface area contributed by atoms with Gasteiger partial charge in [-0.1, -0.05) is 30.2 Å². The molecule has 4 atom stereocenters. The van der Waals surface area contributed by atoms with Crippen molar-refractivity contribution in [3.8, 4) is 0 Å². The monoisotopic (exact) mass is 244 g/mol. The van der Waals surface area contributed by atoms with E-state index >= 15 is 0 Å². The first-order valence-electron chi connectivity index (χ1n) is 7.37.